The normalized spacial score (nSPS) is 19.4. The van der Waals surface area contributed by atoms with Gasteiger partial charge in [-0.05, 0) is 43.0 Å². The highest BCUT2D eigenvalue weighted by Gasteiger charge is 2.30. The number of fused-ring (bicyclic) bond motifs is 1. The molecule has 0 N–H and O–H groups in total. The smallest absolute Gasteiger partial charge is 0.243 e. The highest BCUT2D eigenvalue weighted by atomic mass is 32.2. The highest BCUT2D eigenvalue weighted by molar-refractivity contribution is 7.89. The first-order valence-electron chi connectivity index (χ1n) is 8.80. The molecule has 0 bridgehead atoms. The number of hydrogen-bond acceptors (Lipinski definition) is 3. The maximum atomic E-state index is 13.0. The zero-order valence-corrected chi connectivity index (χ0v) is 15.3. The van der Waals surface area contributed by atoms with Crippen molar-refractivity contribution in [3.05, 3.63) is 23.8 Å². The van der Waals surface area contributed by atoms with Crippen LogP contribution < -0.4 is 4.90 Å². The van der Waals surface area contributed by atoms with Gasteiger partial charge in [-0.3, -0.25) is 4.79 Å². The molecule has 1 aliphatic heterocycles. The van der Waals surface area contributed by atoms with Gasteiger partial charge in [0.2, 0.25) is 15.9 Å². The molecule has 0 radical (unpaired) electrons. The number of carbonyl (C=O) groups excluding carboxylic acids is 1. The molecule has 2 aliphatic rings. The van der Waals surface area contributed by atoms with Crippen LogP contribution in [0.5, 0.6) is 0 Å². The van der Waals surface area contributed by atoms with Gasteiger partial charge in [0.05, 0.1) is 4.90 Å². The van der Waals surface area contributed by atoms with Crippen molar-refractivity contribution in [2.75, 3.05) is 18.5 Å². The van der Waals surface area contributed by atoms with Gasteiger partial charge in [-0.15, -0.1) is 0 Å². The van der Waals surface area contributed by atoms with Crippen molar-refractivity contribution in [3.8, 4) is 0 Å². The average molecular weight is 350 g/mol. The van der Waals surface area contributed by atoms with E-state index < -0.39 is 10.0 Å². The van der Waals surface area contributed by atoms with E-state index in [4.69, 9.17) is 0 Å². The minimum Gasteiger partial charge on any atom is -0.312 e. The number of anilines is 1. The number of benzene rings is 1. The molecule has 1 fully saturated rings. The molecule has 132 valence electrons. The van der Waals surface area contributed by atoms with Crippen LogP contribution in [0.15, 0.2) is 23.1 Å². The fraction of sp³-hybridized carbons (Fsp3) is 0.611. The number of sulfonamides is 1. The summed E-state index contributed by atoms with van der Waals surface area (Å²) in [6.45, 7) is 2.17. The third kappa shape index (κ3) is 3.22. The number of hydrogen-bond donors (Lipinski definition) is 0. The lowest BCUT2D eigenvalue weighted by atomic mass is 10.1. The summed E-state index contributed by atoms with van der Waals surface area (Å²) in [5, 5.41) is 0. The molecule has 5 nitrogen and oxygen atoms in total. The quantitative estimate of drug-likeness (QED) is 0.788. The van der Waals surface area contributed by atoms with Crippen molar-refractivity contribution in [3.63, 3.8) is 0 Å². The first kappa shape index (κ1) is 17.4. The molecule has 0 saturated heterocycles. The summed E-state index contributed by atoms with van der Waals surface area (Å²) in [5.74, 6) is -0.0000641. The Labute approximate surface area is 144 Å². The second-order valence-electron chi connectivity index (χ2n) is 6.88. The van der Waals surface area contributed by atoms with Gasteiger partial charge in [0, 0.05) is 32.2 Å². The molecule has 3 rings (SSSR count). The van der Waals surface area contributed by atoms with Crippen molar-refractivity contribution in [2.45, 2.75) is 62.8 Å². The Morgan fingerprint density at radius 2 is 1.83 bits per heavy atom. The van der Waals surface area contributed by atoms with E-state index in [1.807, 2.05) is 0 Å². The van der Waals surface area contributed by atoms with E-state index in [9.17, 15) is 13.2 Å². The molecule has 1 aromatic carbocycles. The van der Waals surface area contributed by atoms with Crippen molar-refractivity contribution in [2.24, 2.45) is 0 Å². The van der Waals surface area contributed by atoms with E-state index in [0.29, 0.717) is 17.9 Å². The maximum Gasteiger partial charge on any atom is 0.243 e. The summed E-state index contributed by atoms with van der Waals surface area (Å²) < 4.78 is 27.6. The van der Waals surface area contributed by atoms with Crippen LogP contribution in [0.1, 0.15) is 51.0 Å². The number of nitrogens with zero attached hydrogens (tertiary/aromatic N) is 2. The van der Waals surface area contributed by atoms with Gasteiger partial charge in [-0.1, -0.05) is 25.7 Å². The number of rotatable bonds is 3. The first-order chi connectivity index (χ1) is 11.4. The van der Waals surface area contributed by atoms with Crippen LogP contribution in [0, 0.1) is 0 Å². The highest BCUT2D eigenvalue weighted by Crippen LogP contribution is 2.32. The molecule has 1 saturated carbocycles. The van der Waals surface area contributed by atoms with Crippen molar-refractivity contribution < 1.29 is 13.2 Å². The predicted octanol–water partition coefficient (Wildman–Crippen LogP) is 2.94. The summed E-state index contributed by atoms with van der Waals surface area (Å²) in [6.07, 6.45) is 7.20. The second-order valence-corrected chi connectivity index (χ2v) is 8.88. The van der Waals surface area contributed by atoms with Crippen molar-refractivity contribution in [1.29, 1.82) is 0 Å². The standard InChI is InChI=1S/C18H26N2O3S/c1-14(21)20-12-11-15-13-17(9-10-18(15)20)24(22,23)19(2)16-7-5-3-4-6-8-16/h9-10,13,16H,3-8,11-12H2,1-2H3. The van der Waals surface area contributed by atoms with Crippen LogP contribution in [-0.2, 0) is 21.2 Å². The molecule has 6 heteroatoms. The van der Waals surface area contributed by atoms with Crippen molar-refractivity contribution in [1.82, 2.24) is 4.31 Å². The Morgan fingerprint density at radius 1 is 1.17 bits per heavy atom. The van der Waals surface area contributed by atoms with Gasteiger partial charge >= 0.3 is 0 Å². The Bertz CT molecular complexity index is 722. The van der Waals surface area contributed by atoms with Gasteiger partial charge < -0.3 is 4.90 Å². The monoisotopic (exact) mass is 350 g/mol. The minimum atomic E-state index is -3.48. The Morgan fingerprint density at radius 3 is 2.46 bits per heavy atom. The van der Waals surface area contributed by atoms with E-state index >= 15 is 0 Å². The maximum absolute atomic E-state index is 13.0. The van der Waals surface area contributed by atoms with Gasteiger partial charge in [0.1, 0.15) is 0 Å². The Balaban J connectivity index is 1.86. The third-order valence-corrected chi connectivity index (χ3v) is 7.25. The van der Waals surface area contributed by atoms with E-state index in [-0.39, 0.29) is 11.9 Å². The Kier molecular flexibility index (Phi) is 4.97. The molecule has 0 spiro atoms. The lowest BCUT2D eigenvalue weighted by Gasteiger charge is -2.26. The fourth-order valence-electron chi connectivity index (χ4n) is 3.85. The zero-order valence-electron chi connectivity index (χ0n) is 14.5. The molecule has 0 atom stereocenters. The summed E-state index contributed by atoms with van der Waals surface area (Å²) in [7, 11) is -1.78. The van der Waals surface area contributed by atoms with Crippen LogP contribution >= 0.6 is 0 Å². The molecule has 0 aromatic heterocycles. The lowest BCUT2D eigenvalue weighted by Crippen LogP contribution is -2.36. The number of amides is 1. The molecular formula is C18H26N2O3S. The summed E-state index contributed by atoms with van der Waals surface area (Å²) in [4.78, 5) is 13.7. The molecule has 0 unspecified atom stereocenters. The van der Waals surface area contributed by atoms with Crippen LogP contribution in [0.3, 0.4) is 0 Å². The van der Waals surface area contributed by atoms with Crippen molar-refractivity contribution >= 4 is 21.6 Å². The van der Waals surface area contributed by atoms with Gasteiger partial charge in [-0.2, -0.15) is 4.31 Å². The molecule has 1 aliphatic carbocycles. The topological polar surface area (TPSA) is 57.7 Å². The predicted molar refractivity (Wildman–Crippen MR) is 94.6 cm³/mol. The van der Waals surface area contributed by atoms with E-state index in [0.717, 1.165) is 36.9 Å². The van der Waals surface area contributed by atoms with Crippen LogP contribution in [0.25, 0.3) is 0 Å². The largest absolute Gasteiger partial charge is 0.312 e. The van der Waals surface area contributed by atoms with E-state index in [2.05, 4.69) is 0 Å². The van der Waals surface area contributed by atoms with Crippen LogP contribution in [0.2, 0.25) is 0 Å². The Hall–Kier alpha value is -1.40. The minimum absolute atomic E-state index is 0.0000641. The van der Waals surface area contributed by atoms with Crippen LogP contribution in [-0.4, -0.2) is 38.3 Å². The van der Waals surface area contributed by atoms with Gasteiger partial charge in [0.25, 0.3) is 0 Å². The summed E-state index contributed by atoms with van der Waals surface area (Å²) in [6, 6.07) is 5.26. The lowest BCUT2D eigenvalue weighted by molar-refractivity contribution is -0.116. The summed E-state index contributed by atoms with van der Waals surface area (Å²) >= 11 is 0. The number of carbonyl (C=O) groups is 1. The zero-order chi connectivity index (χ0) is 17.3. The third-order valence-electron chi connectivity index (χ3n) is 5.34. The van der Waals surface area contributed by atoms with E-state index in [1.54, 1.807) is 41.4 Å². The fourth-order valence-corrected chi connectivity index (χ4v) is 5.32. The molecule has 1 amide bonds. The molecule has 24 heavy (non-hydrogen) atoms. The van der Waals surface area contributed by atoms with E-state index in [1.165, 1.54) is 12.8 Å². The average Bonchev–Trinajstić information content (AvgIpc) is 2.80. The van der Waals surface area contributed by atoms with Gasteiger partial charge in [0.15, 0.2) is 0 Å². The van der Waals surface area contributed by atoms with Crippen LogP contribution in [0.4, 0.5) is 5.69 Å². The molecule has 1 aromatic rings. The molecular weight excluding hydrogens is 324 g/mol. The second kappa shape index (κ2) is 6.84. The SMILES string of the molecule is CC(=O)N1CCc2cc(S(=O)(=O)N(C)C3CCCCCC3)ccc21. The summed E-state index contributed by atoms with van der Waals surface area (Å²) in [5.41, 5.74) is 1.79. The van der Waals surface area contributed by atoms with Gasteiger partial charge in [-0.25, -0.2) is 8.42 Å². The first-order valence-corrected chi connectivity index (χ1v) is 10.2. The molecule has 1 heterocycles.